The number of aliphatic hydroxyl groups excluding tert-OH is 1. The average Bonchev–Trinajstić information content (AvgIpc) is 3.59. The molecule has 4 atom stereocenters. The average molecular weight is 643 g/mol. The summed E-state index contributed by atoms with van der Waals surface area (Å²) >= 11 is 1.58. The van der Waals surface area contributed by atoms with Crippen LogP contribution in [0, 0.1) is 12.3 Å². The molecular formula is C34H50N4O6S. The van der Waals surface area contributed by atoms with Crippen LogP contribution < -0.4 is 10.6 Å². The van der Waals surface area contributed by atoms with Gasteiger partial charge in [0.2, 0.25) is 17.7 Å². The number of carboxylic acid groups (broad SMARTS) is 1. The van der Waals surface area contributed by atoms with Crippen molar-refractivity contribution in [1.29, 1.82) is 0 Å². The van der Waals surface area contributed by atoms with E-state index in [-0.39, 0.29) is 43.1 Å². The Morgan fingerprint density at radius 2 is 1.58 bits per heavy atom. The van der Waals surface area contributed by atoms with Crippen molar-refractivity contribution in [3.63, 3.8) is 0 Å². The molecule has 1 fully saturated rings. The molecule has 45 heavy (non-hydrogen) atoms. The largest absolute Gasteiger partial charge is 0.481 e. The van der Waals surface area contributed by atoms with Gasteiger partial charge in [-0.15, -0.1) is 11.3 Å². The van der Waals surface area contributed by atoms with Gasteiger partial charge in [0.15, 0.2) is 0 Å². The molecule has 10 nitrogen and oxygen atoms in total. The number of benzene rings is 1. The maximum absolute atomic E-state index is 13.8. The maximum Gasteiger partial charge on any atom is 0.303 e. The summed E-state index contributed by atoms with van der Waals surface area (Å²) in [6.07, 6.45) is 5.92. The fourth-order valence-electron chi connectivity index (χ4n) is 5.69. The number of aromatic nitrogens is 1. The summed E-state index contributed by atoms with van der Waals surface area (Å²) in [6, 6.07) is 5.96. The van der Waals surface area contributed by atoms with Crippen LogP contribution in [0.1, 0.15) is 109 Å². The third kappa shape index (κ3) is 10.9. The van der Waals surface area contributed by atoms with Crippen LogP contribution in [0.25, 0.3) is 10.4 Å². The number of carbonyl (C=O) groups is 4. The number of aryl methyl sites for hydroxylation is 1. The zero-order valence-electron chi connectivity index (χ0n) is 27.3. The highest BCUT2D eigenvalue weighted by Crippen LogP contribution is 2.29. The number of aliphatic hydroxyl groups is 1. The van der Waals surface area contributed by atoms with Gasteiger partial charge in [-0.25, -0.2) is 4.98 Å². The Hall–Kier alpha value is -3.31. The molecule has 0 bridgehead atoms. The molecule has 2 aromatic rings. The molecule has 4 N–H and O–H groups in total. The van der Waals surface area contributed by atoms with E-state index in [0.717, 1.165) is 53.8 Å². The SMILES string of the molecule is Cc1ncsc1-c1ccc([C@H](C)NC(=O)[C@@H]2C[C@@H](O)CN2C(=O)C(NC(=O)CCCCCCCCCC(=O)O)C(C)(C)C)cc1. The topological polar surface area (TPSA) is 149 Å². The molecule has 2 heterocycles. The van der Waals surface area contributed by atoms with Gasteiger partial charge in [-0.1, -0.05) is 77.1 Å². The standard InChI is InChI=1S/C34H50N4O6S/c1-22(24-15-17-25(18-16-24)30-23(2)35-21-45-30)36-32(43)27-19-26(39)20-38(27)33(44)31(34(3,4)5)37-28(40)13-11-9-7-6-8-10-12-14-29(41)42/h15-18,21-22,26-27,31,39H,6-14,19-20H2,1-5H3,(H,36,43)(H,37,40)(H,41,42)/t22-,26+,27-,31?/m0/s1. The Bertz CT molecular complexity index is 1290. The monoisotopic (exact) mass is 642 g/mol. The summed E-state index contributed by atoms with van der Waals surface area (Å²) in [5.74, 6) is -1.68. The fraction of sp³-hybridized carbons (Fsp3) is 0.618. The lowest BCUT2D eigenvalue weighted by Crippen LogP contribution is -2.57. The number of aliphatic carboxylic acids is 1. The van der Waals surface area contributed by atoms with Crippen LogP contribution in [-0.2, 0) is 19.2 Å². The number of nitrogens with one attached hydrogen (secondary N) is 2. The van der Waals surface area contributed by atoms with Crippen molar-refractivity contribution in [3.05, 3.63) is 41.0 Å². The number of thiazole rings is 1. The minimum absolute atomic E-state index is 0.0309. The quantitative estimate of drug-likeness (QED) is 0.180. The Kier molecular flexibility index (Phi) is 13.5. The molecule has 1 aromatic heterocycles. The molecule has 1 saturated heterocycles. The number of carboxylic acids is 1. The van der Waals surface area contributed by atoms with Gasteiger partial charge < -0.3 is 25.7 Å². The Morgan fingerprint density at radius 3 is 2.13 bits per heavy atom. The van der Waals surface area contributed by atoms with Crippen molar-refractivity contribution in [2.45, 2.75) is 123 Å². The number of hydrogen-bond donors (Lipinski definition) is 4. The normalized spacial score (nSPS) is 18.0. The van der Waals surface area contributed by atoms with E-state index in [2.05, 4.69) is 15.6 Å². The molecule has 11 heteroatoms. The molecule has 3 rings (SSSR count). The highest BCUT2D eigenvalue weighted by Gasteiger charge is 2.44. The minimum atomic E-state index is -0.847. The Morgan fingerprint density at radius 1 is 0.978 bits per heavy atom. The van der Waals surface area contributed by atoms with Gasteiger partial charge in [-0.3, -0.25) is 19.2 Å². The van der Waals surface area contributed by atoms with Gasteiger partial charge in [-0.2, -0.15) is 0 Å². The highest BCUT2D eigenvalue weighted by atomic mass is 32.1. The molecule has 0 spiro atoms. The summed E-state index contributed by atoms with van der Waals surface area (Å²) in [6.45, 7) is 9.52. The lowest BCUT2D eigenvalue weighted by molar-refractivity contribution is -0.144. The molecular weight excluding hydrogens is 592 g/mol. The second-order valence-corrected chi connectivity index (χ2v) is 14.1. The number of hydrogen-bond acceptors (Lipinski definition) is 7. The number of rotatable bonds is 16. The van der Waals surface area contributed by atoms with E-state index in [1.807, 2.05) is 64.4 Å². The molecule has 1 aliphatic heterocycles. The summed E-state index contributed by atoms with van der Waals surface area (Å²) in [4.78, 5) is 57.6. The molecule has 3 amide bonds. The van der Waals surface area contributed by atoms with Crippen LogP contribution >= 0.6 is 11.3 Å². The first-order valence-corrected chi connectivity index (χ1v) is 17.0. The first-order valence-electron chi connectivity index (χ1n) is 16.1. The van der Waals surface area contributed by atoms with E-state index in [1.165, 1.54) is 4.90 Å². The van der Waals surface area contributed by atoms with E-state index in [1.54, 1.807) is 11.3 Å². The van der Waals surface area contributed by atoms with Crippen LogP contribution in [0.2, 0.25) is 0 Å². The van der Waals surface area contributed by atoms with E-state index >= 15 is 0 Å². The van der Waals surface area contributed by atoms with Crippen molar-refractivity contribution < 1.29 is 29.4 Å². The van der Waals surface area contributed by atoms with E-state index in [9.17, 15) is 24.3 Å². The fourth-order valence-corrected chi connectivity index (χ4v) is 6.51. The lowest BCUT2D eigenvalue weighted by atomic mass is 9.85. The van der Waals surface area contributed by atoms with Crippen LogP contribution in [0.4, 0.5) is 0 Å². The van der Waals surface area contributed by atoms with Crippen LogP contribution in [0.15, 0.2) is 29.8 Å². The van der Waals surface area contributed by atoms with Gasteiger partial charge in [-0.05, 0) is 43.2 Å². The summed E-state index contributed by atoms with van der Waals surface area (Å²) in [5.41, 5.74) is 4.17. The molecule has 1 unspecified atom stereocenters. The van der Waals surface area contributed by atoms with Crippen molar-refractivity contribution in [3.8, 4) is 10.4 Å². The maximum atomic E-state index is 13.8. The second-order valence-electron chi connectivity index (χ2n) is 13.3. The van der Waals surface area contributed by atoms with E-state index in [0.29, 0.717) is 19.3 Å². The summed E-state index contributed by atoms with van der Waals surface area (Å²) < 4.78 is 0. The number of amides is 3. The molecule has 1 aromatic carbocycles. The highest BCUT2D eigenvalue weighted by molar-refractivity contribution is 7.13. The third-order valence-corrected chi connectivity index (χ3v) is 9.33. The second kappa shape index (κ2) is 16.8. The van der Waals surface area contributed by atoms with Crippen LogP contribution in [-0.4, -0.2) is 68.5 Å². The number of nitrogens with zero attached hydrogens (tertiary/aromatic N) is 2. The number of carbonyl (C=O) groups excluding carboxylic acids is 3. The molecule has 0 aliphatic carbocycles. The zero-order chi connectivity index (χ0) is 33.1. The number of unbranched alkanes of at least 4 members (excludes halogenated alkanes) is 6. The predicted octanol–water partition coefficient (Wildman–Crippen LogP) is 5.38. The van der Waals surface area contributed by atoms with Crippen molar-refractivity contribution in [2.24, 2.45) is 5.41 Å². The van der Waals surface area contributed by atoms with Gasteiger partial charge in [0, 0.05) is 25.8 Å². The first kappa shape index (κ1) is 36.2. The summed E-state index contributed by atoms with van der Waals surface area (Å²) in [7, 11) is 0. The lowest BCUT2D eigenvalue weighted by Gasteiger charge is -2.35. The van der Waals surface area contributed by atoms with Gasteiger partial charge in [0.05, 0.1) is 28.2 Å². The van der Waals surface area contributed by atoms with E-state index in [4.69, 9.17) is 5.11 Å². The Balaban J connectivity index is 1.54. The van der Waals surface area contributed by atoms with Gasteiger partial charge >= 0.3 is 5.97 Å². The molecule has 1 aliphatic rings. The summed E-state index contributed by atoms with van der Waals surface area (Å²) in [5, 5.41) is 25.2. The van der Waals surface area contributed by atoms with E-state index < -0.39 is 29.6 Å². The third-order valence-electron chi connectivity index (χ3n) is 8.35. The molecule has 0 saturated carbocycles. The number of β-amino-alcohol motifs (C(OH)–C–C–N with tert-alkyl or cyclic N) is 1. The smallest absolute Gasteiger partial charge is 0.303 e. The Labute approximate surface area is 271 Å². The number of likely N-dealkylation sites (tertiary alicyclic amines) is 1. The van der Waals surface area contributed by atoms with Crippen molar-refractivity contribution >= 4 is 35.0 Å². The molecule has 248 valence electrons. The van der Waals surface area contributed by atoms with Gasteiger partial charge in [0.1, 0.15) is 12.1 Å². The zero-order valence-corrected chi connectivity index (χ0v) is 28.1. The van der Waals surface area contributed by atoms with Crippen LogP contribution in [0.3, 0.4) is 0 Å². The van der Waals surface area contributed by atoms with Gasteiger partial charge in [0.25, 0.3) is 0 Å². The first-order chi connectivity index (χ1) is 21.3. The van der Waals surface area contributed by atoms with Crippen LogP contribution in [0.5, 0.6) is 0 Å². The predicted molar refractivity (Wildman–Crippen MR) is 176 cm³/mol. The van der Waals surface area contributed by atoms with Crippen molar-refractivity contribution in [2.75, 3.05) is 6.54 Å². The minimum Gasteiger partial charge on any atom is -0.481 e. The molecule has 0 radical (unpaired) electrons. The van der Waals surface area contributed by atoms with Crippen molar-refractivity contribution in [1.82, 2.24) is 20.5 Å².